The van der Waals surface area contributed by atoms with Gasteiger partial charge in [-0.25, -0.2) is 9.78 Å². The minimum Gasteiger partial charge on any atom is -0.478 e. The number of carboxylic acids is 1. The highest BCUT2D eigenvalue weighted by molar-refractivity contribution is 8.00. The van der Waals surface area contributed by atoms with Crippen LogP contribution in [0.2, 0.25) is 0 Å². The van der Waals surface area contributed by atoms with E-state index in [1.807, 2.05) is 13.0 Å². The zero-order chi connectivity index (χ0) is 16.4. The van der Waals surface area contributed by atoms with E-state index in [4.69, 9.17) is 5.11 Å². The Balaban J connectivity index is 1.81. The molecule has 1 aliphatic rings. The second kappa shape index (κ2) is 6.29. The Morgan fingerprint density at radius 1 is 1.35 bits per heavy atom. The van der Waals surface area contributed by atoms with E-state index in [2.05, 4.69) is 15.6 Å². The summed E-state index contributed by atoms with van der Waals surface area (Å²) in [7, 11) is 0. The van der Waals surface area contributed by atoms with Crippen LogP contribution in [0.25, 0.3) is 0 Å². The number of aromatic carboxylic acids is 1. The molecule has 3 N–H and O–H groups in total. The molecule has 0 bridgehead atoms. The number of hydrogen-bond acceptors (Lipinski definition) is 5. The number of aromatic nitrogens is 1. The lowest BCUT2D eigenvalue weighted by Gasteiger charge is -2.22. The zero-order valence-electron chi connectivity index (χ0n) is 12.4. The van der Waals surface area contributed by atoms with E-state index in [9.17, 15) is 9.59 Å². The van der Waals surface area contributed by atoms with Gasteiger partial charge in [-0.15, -0.1) is 11.8 Å². The predicted octanol–water partition coefficient (Wildman–Crippen LogP) is 3.00. The van der Waals surface area contributed by atoms with Crippen molar-refractivity contribution in [3.05, 3.63) is 47.7 Å². The number of carbonyl (C=O) groups is 2. The summed E-state index contributed by atoms with van der Waals surface area (Å²) in [6.07, 6.45) is 1.70. The summed E-state index contributed by atoms with van der Waals surface area (Å²) < 4.78 is 0. The van der Waals surface area contributed by atoms with Crippen molar-refractivity contribution in [1.82, 2.24) is 4.98 Å². The van der Waals surface area contributed by atoms with Crippen molar-refractivity contribution < 1.29 is 14.7 Å². The van der Waals surface area contributed by atoms with E-state index in [-0.39, 0.29) is 17.5 Å². The first kappa shape index (κ1) is 15.4. The number of nitrogens with one attached hydrogen (secondary N) is 2. The van der Waals surface area contributed by atoms with Crippen LogP contribution in [0, 0.1) is 0 Å². The molecule has 0 aliphatic carbocycles. The lowest BCUT2D eigenvalue weighted by Crippen LogP contribution is -2.21. The van der Waals surface area contributed by atoms with Gasteiger partial charge < -0.3 is 15.7 Å². The Morgan fingerprint density at radius 2 is 2.09 bits per heavy atom. The number of fused-ring (bicyclic) bond motifs is 1. The third-order valence-corrected chi connectivity index (χ3v) is 4.60. The molecule has 1 amide bonds. The van der Waals surface area contributed by atoms with E-state index in [0.29, 0.717) is 17.3 Å². The molecule has 0 saturated heterocycles. The quantitative estimate of drug-likeness (QED) is 0.799. The number of carbonyl (C=O) groups excluding carboxylic acids is 1. The van der Waals surface area contributed by atoms with E-state index in [1.165, 1.54) is 11.8 Å². The van der Waals surface area contributed by atoms with Gasteiger partial charge in [-0.2, -0.15) is 0 Å². The minimum atomic E-state index is -0.948. The molecule has 23 heavy (non-hydrogen) atoms. The highest BCUT2D eigenvalue weighted by Gasteiger charge is 2.20. The maximum absolute atomic E-state index is 11.6. The van der Waals surface area contributed by atoms with Gasteiger partial charge in [-0.3, -0.25) is 4.79 Å². The Morgan fingerprint density at radius 3 is 2.78 bits per heavy atom. The number of amides is 1. The fourth-order valence-corrected chi connectivity index (χ4v) is 3.12. The monoisotopic (exact) mass is 329 g/mol. The molecule has 2 heterocycles. The van der Waals surface area contributed by atoms with E-state index < -0.39 is 5.97 Å². The van der Waals surface area contributed by atoms with Crippen LogP contribution in [-0.2, 0) is 4.79 Å². The third-order valence-electron chi connectivity index (χ3n) is 3.55. The van der Waals surface area contributed by atoms with Gasteiger partial charge in [-0.05, 0) is 30.7 Å². The average molecular weight is 329 g/mol. The van der Waals surface area contributed by atoms with Gasteiger partial charge in [0.15, 0.2) is 5.82 Å². The van der Waals surface area contributed by atoms with Gasteiger partial charge in [0.05, 0.1) is 23.0 Å². The fourth-order valence-electron chi connectivity index (χ4n) is 2.32. The van der Waals surface area contributed by atoms with Crippen molar-refractivity contribution in [1.29, 1.82) is 0 Å². The lowest BCUT2D eigenvalue weighted by molar-refractivity contribution is -0.113. The number of carboxylic acid groups (broad SMARTS) is 1. The minimum absolute atomic E-state index is 0.0444. The number of hydrogen-bond donors (Lipinski definition) is 3. The van der Waals surface area contributed by atoms with Crippen molar-refractivity contribution in [2.75, 3.05) is 16.4 Å². The Kier molecular flexibility index (Phi) is 4.20. The summed E-state index contributed by atoms with van der Waals surface area (Å²) in [6, 6.07) is 8.47. The predicted molar refractivity (Wildman–Crippen MR) is 89.0 cm³/mol. The van der Waals surface area contributed by atoms with Crippen LogP contribution in [-0.4, -0.2) is 27.7 Å². The molecule has 0 spiro atoms. The first-order chi connectivity index (χ1) is 11.0. The number of nitrogens with zero attached hydrogens (tertiary/aromatic N) is 1. The number of benzene rings is 1. The van der Waals surface area contributed by atoms with Crippen LogP contribution < -0.4 is 10.6 Å². The first-order valence-corrected chi connectivity index (χ1v) is 8.04. The molecule has 0 saturated carbocycles. The summed E-state index contributed by atoms with van der Waals surface area (Å²) in [6.45, 7) is 1.95. The SMILES string of the molecule is CC(Nc1nccc2c1NC(=O)CS2)c1ccc(C(=O)O)cc1. The maximum atomic E-state index is 11.6. The van der Waals surface area contributed by atoms with Crippen LogP contribution >= 0.6 is 11.8 Å². The lowest BCUT2D eigenvalue weighted by atomic mass is 10.1. The number of pyridine rings is 1. The zero-order valence-corrected chi connectivity index (χ0v) is 13.2. The van der Waals surface area contributed by atoms with Crippen molar-refractivity contribution in [3.63, 3.8) is 0 Å². The van der Waals surface area contributed by atoms with Gasteiger partial charge >= 0.3 is 5.97 Å². The van der Waals surface area contributed by atoms with Gasteiger partial charge in [-0.1, -0.05) is 12.1 Å². The van der Waals surface area contributed by atoms with E-state index in [1.54, 1.807) is 30.5 Å². The van der Waals surface area contributed by atoms with Crippen molar-refractivity contribution in [3.8, 4) is 0 Å². The van der Waals surface area contributed by atoms with Crippen molar-refractivity contribution in [2.45, 2.75) is 17.9 Å². The molecular weight excluding hydrogens is 314 g/mol. The molecule has 1 aliphatic heterocycles. The fraction of sp³-hybridized carbons (Fsp3) is 0.188. The largest absolute Gasteiger partial charge is 0.478 e. The third kappa shape index (κ3) is 3.29. The van der Waals surface area contributed by atoms with Crippen LogP contribution in [0.15, 0.2) is 41.4 Å². The topological polar surface area (TPSA) is 91.3 Å². The van der Waals surface area contributed by atoms with Crippen molar-refractivity contribution >= 4 is 35.1 Å². The summed E-state index contributed by atoms with van der Waals surface area (Å²) in [4.78, 5) is 27.8. The first-order valence-electron chi connectivity index (χ1n) is 7.06. The van der Waals surface area contributed by atoms with Crippen LogP contribution in [0.4, 0.5) is 11.5 Å². The van der Waals surface area contributed by atoms with Crippen LogP contribution in [0.1, 0.15) is 28.9 Å². The molecule has 1 unspecified atom stereocenters. The highest BCUT2D eigenvalue weighted by atomic mass is 32.2. The van der Waals surface area contributed by atoms with Gasteiger partial charge in [0.25, 0.3) is 0 Å². The Bertz CT molecular complexity index is 762. The van der Waals surface area contributed by atoms with E-state index in [0.717, 1.165) is 10.5 Å². The maximum Gasteiger partial charge on any atom is 0.335 e. The molecule has 1 aromatic carbocycles. The second-order valence-electron chi connectivity index (χ2n) is 5.16. The van der Waals surface area contributed by atoms with Gasteiger partial charge in [0.1, 0.15) is 0 Å². The average Bonchev–Trinajstić information content (AvgIpc) is 2.55. The molecule has 1 atom stereocenters. The van der Waals surface area contributed by atoms with Crippen LogP contribution in [0.3, 0.4) is 0 Å². The van der Waals surface area contributed by atoms with Gasteiger partial charge in [0.2, 0.25) is 5.91 Å². The van der Waals surface area contributed by atoms with E-state index >= 15 is 0 Å². The number of thioether (sulfide) groups is 1. The second-order valence-corrected chi connectivity index (χ2v) is 6.18. The molecule has 7 heteroatoms. The standard InChI is InChI=1S/C16H15N3O3S/c1-9(10-2-4-11(5-3-10)16(21)22)18-15-14-12(6-7-17-15)23-8-13(20)19-14/h2-7,9H,8H2,1H3,(H,17,18)(H,19,20)(H,21,22). The molecule has 1 aromatic heterocycles. The normalized spacial score (nSPS) is 14.6. The summed E-state index contributed by atoms with van der Waals surface area (Å²) in [5.41, 5.74) is 1.88. The smallest absolute Gasteiger partial charge is 0.335 e. The molecule has 2 aromatic rings. The highest BCUT2D eigenvalue weighted by Crippen LogP contribution is 2.36. The molecule has 6 nitrogen and oxygen atoms in total. The molecule has 0 radical (unpaired) electrons. The molecule has 0 fully saturated rings. The summed E-state index contributed by atoms with van der Waals surface area (Å²) >= 11 is 1.48. The summed E-state index contributed by atoms with van der Waals surface area (Å²) in [5.74, 6) is 0.0217. The Labute approximate surface area is 137 Å². The number of anilines is 2. The van der Waals surface area contributed by atoms with Gasteiger partial charge in [0, 0.05) is 11.1 Å². The van der Waals surface area contributed by atoms with Crippen molar-refractivity contribution in [2.24, 2.45) is 0 Å². The number of rotatable bonds is 4. The molecular formula is C16H15N3O3S. The Hall–Kier alpha value is -2.54. The van der Waals surface area contributed by atoms with Crippen LogP contribution in [0.5, 0.6) is 0 Å². The molecule has 3 rings (SSSR count). The summed E-state index contributed by atoms with van der Waals surface area (Å²) in [5, 5.41) is 15.1. The molecule has 118 valence electrons.